The van der Waals surface area contributed by atoms with Crippen LogP contribution in [-0.4, -0.2) is 18.3 Å². The maximum Gasteiger partial charge on any atom is 0.161 e. The average Bonchev–Trinajstić information content (AvgIpc) is 2.70. The second-order valence-electron chi connectivity index (χ2n) is 5.08. The SMILES string of the molecule is CC1CCCC1(O)c1ccc2c(c1)OCCO2. The van der Waals surface area contributed by atoms with Gasteiger partial charge in [0, 0.05) is 0 Å². The Labute approximate surface area is 101 Å². The molecule has 2 unspecified atom stereocenters. The van der Waals surface area contributed by atoms with Crippen LogP contribution in [0.1, 0.15) is 31.7 Å². The van der Waals surface area contributed by atoms with E-state index in [9.17, 15) is 5.11 Å². The van der Waals surface area contributed by atoms with Crippen molar-refractivity contribution < 1.29 is 14.6 Å². The second-order valence-corrected chi connectivity index (χ2v) is 5.08. The van der Waals surface area contributed by atoms with Gasteiger partial charge in [0.15, 0.2) is 11.5 Å². The molecule has 17 heavy (non-hydrogen) atoms. The number of aliphatic hydroxyl groups is 1. The van der Waals surface area contributed by atoms with E-state index in [1.807, 2.05) is 18.2 Å². The summed E-state index contributed by atoms with van der Waals surface area (Å²) in [7, 11) is 0. The molecule has 0 saturated heterocycles. The maximum atomic E-state index is 10.7. The molecule has 1 N–H and O–H groups in total. The second kappa shape index (κ2) is 3.91. The number of hydrogen-bond donors (Lipinski definition) is 1. The van der Waals surface area contributed by atoms with Crippen molar-refractivity contribution in [2.45, 2.75) is 31.8 Å². The fraction of sp³-hybridized carbons (Fsp3) is 0.571. The molecule has 1 aromatic carbocycles. The number of hydrogen-bond acceptors (Lipinski definition) is 3. The third kappa shape index (κ3) is 1.69. The Kier molecular flexibility index (Phi) is 2.51. The van der Waals surface area contributed by atoms with Gasteiger partial charge in [0.05, 0.1) is 5.60 Å². The Morgan fingerprint density at radius 1 is 1.24 bits per heavy atom. The Morgan fingerprint density at radius 2 is 2.00 bits per heavy atom. The zero-order valence-electron chi connectivity index (χ0n) is 10.1. The number of fused-ring (bicyclic) bond motifs is 1. The van der Waals surface area contributed by atoms with Gasteiger partial charge < -0.3 is 14.6 Å². The highest BCUT2D eigenvalue weighted by Crippen LogP contribution is 2.45. The minimum Gasteiger partial charge on any atom is -0.486 e. The van der Waals surface area contributed by atoms with Gasteiger partial charge in [0.2, 0.25) is 0 Å². The summed E-state index contributed by atoms with van der Waals surface area (Å²) in [5.74, 6) is 1.86. The van der Waals surface area contributed by atoms with E-state index in [0.29, 0.717) is 19.1 Å². The quantitative estimate of drug-likeness (QED) is 0.811. The minimum atomic E-state index is -0.685. The first-order valence-corrected chi connectivity index (χ1v) is 6.33. The monoisotopic (exact) mass is 234 g/mol. The van der Waals surface area contributed by atoms with Crippen molar-refractivity contribution in [2.24, 2.45) is 5.92 Å². The summed E-state index contributed by atoms with van der Waals surface area (Å²) in [5.41, 5.74) is 0.280. The van der Waals surface area contributed by atoms with E-state index in [-0.39, 0.29) is 0 Å². The van der Waals surface area contributed by atoms with E-state index in [2.05, 4.69) is 6.92 Å². The predicted molar refractivity (Wildman–Crippen MR) is 64.3 cm³/mol. The van der Waals surface area contributed by atoms with Gasteiger partial charge in [-0.1, -0.05) is 13.0 Å². The van der Waals surface area contributed by atoms with Crippen LogP contribution in [0.2, 0.25) is 0 Å². The fourth-order valence-corrected chi connectivity index (χ4v) is 2.90. The molecule has 1 aliphatic carbocycles. The normalized spacial score (nSPS) is 31.5. The lowest BCUT2D eigenvalue weighted by molar-refractivity contribution is 0.00405. The van der Waals surface area contributed by atoms with E-state index in [4.69, 9.17) is 9.47 Å². The zero-order valence-corrected chi connectivity index (χ0v) is 10.1. The van der Waals surface area contributed by atoms with Gasteiger partial charge in [0.1, 0.15) is 13.2 Å². The molecule has 2 atom stereocenters. The molecule has 0 radical (unpaired) electrons. The highest BCUT2D eigenvalue weighted by atomic mass is 16.6. The summed E-state index contributed by atoms with van der Waals surface area (Å²) >= 11 is 0. The molecule has 2 aliphatic rings. The smallest absolute Gasteiger partial charge is 0.161 e. The highest BCUT2D eigenvalue weighted by Gasteiger charge is 2.40. The molecule has 3 rings (SSSR count). The van der Waals surface area contributed by atoms with Crippen LogP contribution in [0.25, 0.3) is 0 Å². The van der Waals surface area contributed by atoms with E-state index >= 15 is 0 Å². The summed E-state index contributed by atoms with van der Waals surface area (Å²) in [6.45, 7) is 3.31. The zero-order chi connectivity index (χ0) is 11.9. The van der Waals surface area contributed by atoms with Crippen LogP contribution in [0.5, 0.6) is 11.5 Å². The van der Waals surface area contributed by atoms with Gasteiger partial charge in [-0.25, -0.2) is 0 Å². The lowest BCUT2D eigenvalue weighted by Crippen LogP contribution is -2.28. The maximum absolute atomic E-state index is 10.7. The first kappa shape index (κ1) is 10.9. The molecule has 1 heterocycles. The summed E-state index contributed by atoms with van der Waals surface area (Å²) in [4.78, 5) is 0. The molecule has 3 heteroatoms. The summed E-state index contributed by atoms with van der Waals surface area (Å²) in [6, 6.07) is 5.82. The van der Waals surface area contributed by atoms with Crippen LogP contribution in [-0.2, 0) is 5.60 Å². The first-order valence-electron chi connectivity index (χ1n) is 6.33. The van der Waals surface area contributed by atoms with Crippen LogP contribution in [0.15, 0.2) is 18.2 Å². The highest BCUT2D eigenvalue weighted by molar-refractivity contribution is 5.45. The van der Waals surface area contributed by atoms with Crippen LogP contribution in [0.3, 0.4) is 0 Å². The Balaban J connectivity index is 1.98. The van der Waals surface area contributed by atoms with Crippen molar-refractivity contribution >= 4 is 0 Å². The molecular weight excluding hydrogens is 216 g/mol. The molecule has 0 spiro atoms. The van der Waals surface area contributed by atoms with Gasteiger partial charge in [-0.2, -0.15) is 0 Å². The van der Waals surface area contributed by atoms with Crippen LogP contribution in [0, 0.1) is 5.92 Å². The van der Waals surface area contributed by atoms with Gasteiger partial charge in [-0.15, -0.1) is 0 Å². The van der Waals surface area contributed by atoms with E-state index < -0.39 is 5.60 Å². The molecule has 92 valence electrons. The van der Waals surface area contributed by atoms with Crippen molar-refractivity contribution in [3.63, 3.8) is 0 Å². The third-order valence-corrected chi connectivity index (χ3v) is 4.05. The first-order chi connectivity index (χ1) is 8.20. The third-order valence-electron chi connectivity index (χ3n) is 4.05. The van der Waals surface area contributed by atoms with Crippen molar-refractivity contribution in [3.05, 3.63) is 23.8 Å². The van der Waals surface area contributed by atoms with Crippen LogP contribution in [0.4, 0.5) is 0 Å². The Bertz CT molecular complexity index is 429. The molecule has 0 aromatic heterocycles. The minimum absolute atomic E-state index is 0.310. The fourth-order valence-electron chi connectivity index (χ4n) is 2.90. The molecule has 1 aromatic rings. The molecule has 1 fully saturated rings. The largest absolute Gasteiger partial charge is 0.486 e. The Morgan fingerprint density at radius 3 is 2.71 bits per heavy atom. The van der Waals surface area contributed by atoms with Crippen LogP contribution >= 0.6 is 0 Å². The van der Waals surface area contributed by atoms with E-state index in [0.717, 1.165) is 36.3 Å². The molecule has 1 aliphatic heterocycles. The molecule has 3 nitrogen and oxygen atoms in total. The van der Waals surface area contributed by atoms with Crippen molar-refractivity contribution in [2.75, 3.05) is 13.2 Å². The van der Waals surface area contributed by atoms with Crippen LogP contribution < -0.4 is 9.47 Å². The van der Waals surface area contributed by atoms with Gasteiger partial charge >= 0.3 is 0 Å². The van der Waals surface area contributed by atoms with Crippen molar-refractivity contribution in [1.82, 2.24) is 0 Å². The lowest BCUT2D eigenvalue weighted by atomic mass is 9.85. The standard InChI is InChI=1S/C14H18O3/c1-10-3-2-6-14(10,15)11-4-5-12-13(9-11)17-8-7-16-12/h4-5,9-10,15H,2-3,6-8H2,1H3. The summed E-state index contributed by atoms with van der Waals surface area (Å²) in [6.07, 6.45) is 3.02. The summed E-state index contributed by atoms with van der Waals surface area (Å²) in [5, 5.41) is 10.7. The molecular formula is C14H18O3. The predicted octanol–water partition coefficient (Wildman–Crippen LogP) is 2.47. The Hall–Kier alpha value is -1.22. The van der Waals surface area contributed by atoms with Gasteiger partial charge in [-0.05, 0) is 42.9 Å². The number of rotatable bonds is 1. The van der Waals surface area contributed by atoms with Gasteiger partial charge in [-0.3, -0.25) is 0 Å². The molecule has 1 saturated carbocycles. The number of ether oxygens (including phenoxy) is 2. The van der Waals surface area contributed by atoms with Crippen molar-refractivity contribution in [3.8, 4) is 11.5 Å². The van der Waals surface area contributed by atoms with Crippen molar-refractivity contribution in [1.29, 1.82) is 0 Å². The van der Waals surface area contributed by atoms with E-state index in [1.54, 1.807) is 0 Å². The number of benzene rings is 1. The van der Waals surface area contributed by atoms with E-state index in [1.165, 1.54) is 0 Å². The topological polar surface area (TPSA) is 38.7 Å². The summed E-state index contributed by atoms with van der Waals surface area (Å²) < 4.78 is 11.1. The van der Waals surface area contributed by atoms with Gasteiger partial charge in [0.25, 0.3) is 0 Å². The molecule has 0 bridgehead atoms. The lowest BCUT2D eigenvalue weighted by Gasteiger charge is -2.29. The average molecular weight is 234 g/mol. The molecule has 0 amide bonds.